The number of likely N-dealkylation sites (tertiary alicyclic amines) is 1. The summed E-state index contributed by atoms with van der Waals surface area (Å²) in [5.74, 6) is 8.72. The van der Waals surface area contributed by atoms with E-state index in [1.165, 1.54) is 4.57 Å². The van der Waals surface area contributed by atoms with Crippen LogP contribution in [0.25, 0.3) is 33.1 Å². The van der Waals surface area contributed by atoms with Crippen molar-refractivity contribution in [3.05, 3.63) is 108 Å². The summed E-state index contributed by atoms with van der Waals surface area (Å²) in [5.41, 5.74) is 14.2. The number of nitrogen functional groups attached to an aromatic ring is 1. The summed E-state index contributed by atoms with van der Waals surface area (Å²) in [7, 11) is 3.47. The third-order valence-corrected chi connectivity index (χ3v) is 14.1. The van der Waals surface area contributed by atoms with Crippen molar-refractivity contribution in [2.75, 3.05) is 69.1 Å². The van der Waals surface area contributed by atoms with Gasteiger partial charge in [0.1, 0.15) is 35.5 Å². The van der Waals surface area contributed by atoms with Crippen molar-refractivity contribution in [3.63, 3.8) is 0 Å². The number of rotatable bonds is 22. The highest BCUT2D eigenvalue weighted by Gasteiger charge is 2.31. The molecule has 0 bridgehead atoms. The summed E-state index contributed by atoms with van der Waals surface area (Å²) in [6.07, 6.45) is 3.08. The number of benzene rings is 4. The molecule has 8 rings (SSSR count). The minimum absolute atomic E-state index is 0.0687. The number of nitrogens with two attached hydrogens (primary N) is 1. The van der Waals surface area contributed by atoms with Gasteiger partial charge in [-0.25, -0.2) is 9.37 Å². The number of imidazole rings is 1. The maximum absolute atomic E-state index is 14.9. The number of ether oxygens (including phenoxy) is 2. The number of nitrogens with zero attached hydrogens (tertiary/aromatic N) is 5. The van der Waals surface area contributed by atoms with Gasteiger partial charge in [-0.15, -0.1) is 11.8 Å². The minimum Gasteiger partial charge on any atom is -0.495 e. The predicted molar refractivity (Wildman–Crippen MR) is 282 cm³/mol. The fourth-order valence-corrected chi connectivity index (χ4v) is 10.2. The van der Waals surface area contributed by atoms with Crippen molar-refractivity contribution in [1.29, 1.82) is 0 Å². The molecule has 0 saturated carbocycles. The van der Waals surface area contributed by atoms with Crippen LogP contribution in [0.4, 0.5) is 34.6 Å². The number of amides is 1. The van der Waals surface area contributed by atoms with Gasteiger partial charge in [-0.3, -0.25) is 4.79 Å². The Morgan fingerprint density at radius 1 is 0.973 bits per heavy atom. The number of piperidine rings is 1. The number of halogens is 4. The zero-order valence-corrected chi connectivity index (χ0v) is 42.5. The number of methoxy groups -OCH3 is 1. The molecule has 2 unspecified atom stereocenters. The molecule has 1 saturated heterocycles. The first-order valence-corrected chi connectivity index (χ1v) is 25.7. The fourth-order valence-electron chi connectivity index (χ4n) is 9.30. The summed E-state index contributed by atoms with van der Waals surface area (Å²) in [4.78, 5) is 20.2. The lowest BCUT2D eigenvalue weighted by atomic mass is 10.0. The van der Waals surface area contributed by atoms with E-state index in [0.29, 0.717) is 59.8 Å². The molecule has 1 fully saturated rings. The number of aryl methyl sites for hydroxylation is 2. The molecular weight excluding hydrogens is 959 g/mol. The monoisotopic (exact) mass is 1020 g/mol. The van der Waals surface area contributed by atoms with E-state index in [9.17, 15) is 22.4 Å². The molecule has 7 aromatic rings. The number of unbranched alkanes of at least 4 members (excludes halogenated alkanes) is 5. The van der Waals surface area contributed by atoms with Gasteiger partial charge >= 0.3 is 6.18 Å². The first kappa shape index (κ1) is 52.5. The Labute approximate surface area is 427 Å². The van der Waals surface area contributed by atoms with Crippen LogP contribution in [0.5, 0.6) is 11.5 Å². The van der Waals surface area contributed by atoms with E-state index in [1.807, 2.05) is 78.9 Å². The molecule has 73 heavy (non-hydrogen) atoms. The minimum atomic E-state index is -4.46. The number of anilines is 3. The van der Waals surface area contributed by atoms with E-state index in [2.05, 4.69) is 44.0 Å². The van der Waals surface area contributed by atoms with Gasteiger partial charge in [-0.2, -0.15) is 13.2 Å². The van der Waals surface area contributed by atoms with E-state index in [-0.39, 0.29) is 24.8 Å². The maximum atomic E-state index is 14.9. The molecule has 3 aromatic heterocycles. The van der Waals surface area contributed by atoms with Gasteiger partial charge in [0.25, 0.3) is 5.91 Å². The molecule has 386 valence electrons. The van der Waals surface area contributed by atoms with E-state index in [4.69, 9.17) is 19.7 Å². The molecular formula is C55H63F4N9O4S. The number of thioether (sulfide) groups is 1. The van der Waals surface area contributed by atoms with Crippen LogP contribution in [0, 0.1) is 25.7 Å². The number of nitrogens with one attached hydrogen (secondary N) is 3. The van der Waals surface area contributed by atoms with Crippen LogP contribution in [0.2, 0.25) is 0 Å². The zero-order chi connectivity index (χ0) is 51.5. The van der Waals surface area contributed by atoms with Gasteiger partial charge in [0, 0.05) is 47.7 Å². The van der Waals surface area contributed by atoms with Crippen molar-refractivity contribution in [3.8, 4) is 34.5 Å². The van der Waals surface area contributed by atoms with Crippen LogP contribution >= 0.6 is 11.8 Å². The van der Waals surface area contributed by atoms with Crippen LogP contribution in [-0.4, -0.2) is 101 Å². The second-order valence-corrected chi connectivity index (χ2v) is 19.7. The first-order valence-electron chi connectivity index (χ1n) is 24.7. The van der Waals surface area contributed by atoms with Gasteiger partial charge in [0.15, 0.2) is 6.61 Å². The van der Waals surface area contributed by atoms with Gasteiger partial charge in [0.05, 0.1) is 59.8 Å². The number of carbonyl (C=O) groups excluding carboxylic acids is 1. The lowest BCUT2D eigenvalue weighted by Gasteiger charge is -2.33. The van der Waals surface area contributed by atoms with Crippen molar-refractivity contribution >= 4 is 56.7 Å². The number of hydrogen-bond acceptors (Lipinski definition) is 11. The van der Waals surface area contributed by atoms with Crippen molar-refractivity contribution in [1.82, 2.24) is 29.5 Å². The SMILES string of the molecule is COc1cc(SCCCCCCCCNC(=O)COc2cccc(Cn3cnc4c(N)cc(-c5c(C)noc5C)cc43)c2)ccc1NCC#Cc1cc2c(NC3CCN(C)CC3F)cccc2n1CC(F)(F)F. The Kier molecular flexibility index (Phi) is 17.4. The summed E-state index contributed by atoms with van der Waals surface area (Å²) < 4.78 is 76.4. The first-order chi connectivity index (χ1) is 35.2. The van der Waals surface area contributed by atoms with Gasteiger partial charge in [-0.05, 0) is 124 Å². The van der Waals surface area contributed by atoms with Gasteiger partial charge < -0.3 is 49.7 Å². The molecule has 4 aromatic carbocycles. The van der Waals surface area contributed by atoms with Crippen LogP contribution in [-0.2, 0) is 17.9 Å². The summed E-state index contributed by atoms with van der Waals surface area (Å²) in [6, 6.07) is 23.9. The number of alkyl halides is 4. The third-order valence-electron chi connectivity index (χ3n) is 13.0. The molecule has 5 N–H and O–H groups in total. The van der Waals surface area contributed by atoms with Gasteiger partial charge in [-0.1, -0.05) is 55.0 Å². The Bertz CT molecular complexity index is 3050. The van der Waals surface area contributed by atoms with E-state index in [1.54, 1.807) is 49.5 Å². The molecule has 0 aliphatic carbocycles. The molecule has 0 radical (unpaired) electrons. The molecule has 4 heterocycles. The highest BCUT2D eigenvalue weighted by Crippen LogP contribution is 2.35. The Balaban J connectivity index is 0.716. The second kappa shape index (κ2) is 24.3. The summed E-state index contributed by atoms with van der Waals surface area (Å²) in [5, 5.41) is 14.1. The average Bonchev–Trinajstić information content (AvgIpc) is 4.04. The van der Waals surface area contributed by atoms with Crippen LogP contribution in [0.1, 0.15) is 67.7 Å². The predicted octanol–water partition coefficient (Wildman–Crippen LogP) is 11.0. The number of hydrogen-bond donors (Lipinski definition) is 4. The molecule has 0 spiro atoms. The molecule has 1 aliphatic rings. The van der Waals surface area contributed by atoms with E-state index >= 15 is 0 Å². The zero-order valence-electron chi connectivity index (χ0n) is 41.7. The Hall–Kier alpha value is -6.84. The number of carbonyl (C=O) groups is 1. The Morgan fingerprint density at radius 2 is 1.78 bits per heavy atom. The lowest BCUT2D eigenvalue weighted by molar-refractivity contribution is -0.140. The largest absolute Gasteiger partial charge is 0.495 e. The number of fused-ring (bicyclic) bond motifs is 2. The van der Waals surface area contributed by atoms with Crippen LogP contribution < -0.4 is 31.2 Å². The molecule has 2 atom stereocenters. The third kappa shape index (κ3) is 13.8. The molecule has 18 heteroatoms. The molecule has 1 aliphatic heterocycles. The lowest BCUT2D eigenvalue weighted by Crippen LogP contribution is -2.46. The smallest absolute Gasteiger partial charge is 0.406 e. The van der Waals surface area contributed by atoms with Crippen LogP contribution in [0.15, 0.2) is 94.6 Å². The van der Waals surface area contributed by atoms with E-state index < -0.39 is 24.9 Å². The van der Waals surface area contributed by atoms with Crippen molar-refractivity contribution in [2.45, 2.75) is 95.2 Å². The van der Waals surface area contributed by atoms with Crippen LogP contribution in [0.3, 0.4) is 0 Å². The topological polar surface area (TPSA) is 150 Å². The quantitative estimate of drug-likeness (QED) is 0.0169. The summed E-state index contributed by atoms with van der Waals surface area (Å²) in [6.45, 7) is 4.86. The van der Waals surface area contributed by atoms with Crippen molar-refractivity contribution in [2.24, 2.45) is 0 Å². The van der Waals surface area contributed by atoms with E-state index in [0.717, 1.165) is 101 Å². The fraction of sp³-hybridized carbons (Fsp3) is 0.400. The van der Waals surface area contributed by atoms with Crippen molar-refractivity contribution < 1.29 is 36.4 Å². The maximum Gasteiger partial charge on any atom is 0.406 e. The highest BCUT2D eigenvalue weighted by molar-refractivity contribution is 7.99. The average molecular weight is 1020 g/mol. The standard InChI is InChI=1S/C55H63F4N9O4S/c1-36-53(37(2)72-65-36)39-27-45(60)54-50(28-39)67(35-63-54)31-38-14-11-16-41(26-38)71-33-52(69)62-22-9-7-5-6-8-10-25-73-42-19-20-48(51(30-42)70-4)61-23-13-15-40-29-43-46(64-47-21-24-66(3)32-44(47)56)17-12-18-49(43)68(40)34-55(57,58)59/h11-12,14,16-20,26-30,35,44,47,61,64H,5-10,21-25,31-34,60H2,1-4H3,(H,62,69). The highest BCUT2D eigenvalue weighted by atomic mass is 32.2. The Morgan fingerprint density at radius 3 is 2.56 bits per heavy atom. The number of aromatic nitrogens is 4. The summed E-state index contributed by atoms with van der Waals surface area (Å²) >= 11 is 1.76. The molecule has 13 nitrogen and oxygen atoms in total. The van der Waals surface area contributed by atoms with Gasteiger partial charge in [0.2, 0.25) is 0 Å². The second-order valence-electron chi connectivity index (χ2n) is 18.6. The normalized spacial score (nSPS) is 15.1. The molecule has 1 amide bonds.